The van der Waals surface area contributed by atoms with Gasteiger partial charge in [-0.05, 0) is 24.6 Å². The number of aliphatic hydroxyl groups excluding tert-OH is 3. The molecule has 0 aromatic heterocycles. The molecule has 1 aliphatic heterocycles. The molecule has 0 radical (unpaired) electrons. The van der Waals surface area contributed by atoms with Crippen molar-refractivity contribution in [1.29, 1.82) is 0 Å². The second-order valence-electron chi connectivity index (χ2n) is 5.96. The van der Waals surface area contributed by atoms with Crippen molar-refractivity contribution in [2.45, 2.75) is 44.5 Å². The second-order valence-corrected chi connectivity index (χ2v) is 5.96. The molecule has 4 N–H and O–H groups in total. The molecule has 1 saturated heterocycles. The topological polar surface area (TPSA) is 117 Å². The van der Waals surface area contributed by atoms with E-state index in [-0.39, 0.29) is 0 Å². The lowest BCUT2D eigenvalue weighted by molar-refractivity contribution is -0.244. The minimum Gasteiger partial charge on any atom is -0.493 e. The van der Waals surface area contributed by atoms with Gasteiger partial charge in [-0.25, -0.2) is 0 Å². The van der Waals surface area contributed by atoms with Crippen LogP contribution in [0.15, 0.2) is 24.3 Å². The lowest BCUT2D eigenvalue weighted by Crippen LogP contribution is -2.65. The first-order valence-electron chi connectivity index (χ1n) is 8.28. The summed E-state index contributed by atoms with van der Waals surface area (Å²) in [6, 6.07) is 4.22. The summed E-state index contributed by atoms with van der Waals surface area (Å²) < 4.78 is 16.7. The van der Waals surface area contributed by atoms with E-state index in [1.165, 1.54) is 14.0 Å². The van der Waals surface area contributed by atoms with Gasteiger partial charge in [0.1, 0.15) is 24.4 Å². The van der Waals surface area contributed by atoms with Crippen LogP contribution in [-0.2, 0) is 9.53 Å². The van der Waals surface area contributed by atoms with Crippen molar-refractivity contribution in [2.75, 3.05) is 13.7 Å². The van der Waals surface area contributed by atoms with Gasteiger partial charge in [-0.2, -0.15) is 0 Å². The summed E-state index contributed by atoms with van der Waals surface area (Å²) in [6.45, 7) is 2.66. The second kappa shape index (κ2) is 9.00. The van der Waals surface area contributed by atoms with E-state index in [1.807, 2.05) is 25.1 Å². The zero-order valence-electron chi connectivity index (χ0n) is 15.0. The van der Waals surface area contributed by atoms with Gasteiger partial charge in [-0.3, -0.25) is 4.79 Å². The maximum Gasteiger partial charge on any atom is 0.223 e. The zero-order chi connectivity index (χ0) is 19.3. The summed E-state index contributed by atoms with van der Waals surface area (Å²) in [5, 5.41) is 32.2. The number of carbonyl (C=O) groups is 1. The minimum atomic E-state index is -1.37. The molecule has 26 heavy (non-hydrogen) atoms. The number of ether oxygens (including phenoxy) is 3. The Bertz CT molecular complexity index is 648. The first-order chi connectivity index (χ1) is 12.4. The van der Waals surface area contributed by atoms with Crippen molar-refractivity contribution in [3.8, 4) is 11.5 Å². The molecule has 1 aliphatic rings. The van der Waals surface area contributed by atoms with E-state index in [1.54, 1.807) is 12.1 Å². The highest BCUT2D eigenvalue weighted by Gasteiger charge is 2.46. The molecule has 0 saturated carbocycles. The molecule has 1 fully saturated rings. The highest BCUT2D eigenvalue weighted by Crippen LogP contribution is 2.32. The van der Waals surface area contributed by atoms with E-state index in [2.05, 4.69) is 5.32 Å². The van der Waals surface area contributed by atoms with E-state index >= 15 is 0 Å². The molecular formula is C18H25NO7. The lowest BCUT2D eigenvalue weighted by atomic mass is 9.97. The highest BCUT2D eigenvalue weighted by atomic mass is 16.7. The van der Waals surface area contributed by atoms with Crippen LogP contribution in [0.3, 0.4) is 0 Å². The summed E-state index contributed by atoms with van der Waals surface area (Å²) in [7, 11) is 1.49. The molecule has 144 valence electrons. The molecule has 0 bridgehead atoms. The van der Waals surface area contributed by atoms with Crippen LogP contribution in [0.1, 0.15) is 19.4 Å². The Hall–Kier alpha value is -2.13. The molecule has 1 aromatic carbocycles. The first-order valence-corrected chi connectivity index (χ1v) is 8.28. The number of hydrogen-bond donors (Lipinski definition) is 4. The summed E-state index contributed by atoms with van der Waals surface area (Å²) in [5.41, 5.74) is 0.906. The predicted octanol–water partition coefficient (Wildman–Crippen LogP) is 0.0508. The molecule has 8 heteroatoms. The zero-order valence-corrected chi connectivity index (χ0v) is 15.0. The number of carbonyl (C=O) groups excluding carboxylic acids is 1. The number of allylic oxidation sites excluding steroid dienone is 1. The van der Waals surface area contributed by atoms with Gasteiger partial charge in [0.25, 0.3) is 0 Å². The number of nitrogens with one attached hydrogen (secondary N) is 1. The van der Waals surface area contributed by atoms with Gasteiger partial charge in [-0.15, -0.1) is 0 Å². The molecule has 8 nitrogen and oxygen atoms in total. The summed E-state index contributed by atoms with van der Waals surface area (Å²) in [6.07, 6.45) is -1.13. The van der Waals surface area contributed by atoms with Gasteiger partial charge in [-0.1, -0.05) is 18.2 Å². The Balaban J connectivity index is 2.29. The third-order valence-electron chi connectivity index (χ3n) is 4.04. The van der Waals surface area contributed by atoms with Crippen molar-refractivity contribution >= 4 is 12.0 Å². The highest BCUT2D eigenvalue weighted by molar-refractivity contribution is 5.73. The van der Waals surface area contributed by atoms with E-state index in [0.717, 1.165) is 5.56 Å². The Labute approximate surface area is 152 Å². The van der Waals surface area contributed by atoms with Crippen molar-refractivity contribution in [2.24, 2.45) is 0 Å². The Morgan fingerprint density at radius 3 is 2.62 bits per heavy atom. The summed E-state index contributed by atoms with van der Waals surface area (Å²) in [4.78, 5) is 11.5. The summed E-state index contributed by atoms with van der Waals surface area (Å²) >= 11 is 0. The van der Waals surface area contributed by atoms with E-state index in [0.29, 0.717) is 11.5 Å². The fourth-order valence-electron chi connectivity index (χ4n) is 2.77. The average molecular weight is 367 g/mol. The van der Waals surface area contributed by atoms with Crippen molar-refractivity contribution in [3.05, 3.63) is 29.8 Å². The van der Waals surface area contributed by atoms with Crippen LogP contribution in [0.5, 0.6) is 11.5 Å². The smallest absolute Gasteiger partial charge is 0.223 e. The van der Waals surface area contributed by atoms with E-state index < -0.39 is 43.2 Å². The predicted molar refractivity (Wildman–Crippen MR) is 93.7 cm³/mol. The fraction of sp³-hybridized carbons (Fsp3) is 0.500. The number of hydrogen-bond acceptors (Lipinski definition) is 7. The maximum absolute atomic E-state index is 11.5. The molecule has 1 heterocycles. The van der Waals surface area contributed by atoms with Crippen LogP contribution in [0, 0.1) is 0 Å². The molecule has 1 amide bonds. The molecule has 0 unspecified atom stereocenters. The summed E-state index contributed by atoms with van der Waals surface area (Å²) in [5.74, 6) is 0.351. The standard InChI is InChI=1S/C18H25NO7/c1-4-5-11-6-7-12(13(8-11)24-3)25-18-15(19-10(2)21)17(23)16(22)14(9-20)26-18/h4-8,14-18,20,22-23H,9H2,1-3H3,(H,19,21)/b5-4+/t14-,15-,16-,17-,18-/m1/s1. The fourth-order valence-corrected chi connectivity index (χ4v) is 2.77. The van der Waals surface area contributed by atoms with E-state index in [4.69, 9.17) is 14.2 Å². The lowest BCUT2D eigenvalue weighted by Gasteiger charge is -2.42. The van der Waals surface area contributed by atoms with Crippen LogP contribution >= 0.6 is 0 Å². The van der Waals surface area contributed by atoms with Gasteiger partial charge in [0.2, 0.25) is 12.2 Å². The monoisotopic (exact) mass is 367 g/mol. The largest absolute Gasteiger partial charge is 0.493 e. The normalized spacial score (nSPS) is 28.8. The van der Waals surface area contributed by atoms with Crippen molar-refractivity contribution < 1.29 is 34.3 Å². The van der Waals surface area contributed by atoms with Crippen LogP contribution < -0.4 is 14.8 Å². The molecular weight excluding hydrogens is 342 g/mol. The Kier molecular flexibility index (Phi) is 6.98. The number of benzene rings is 1. The minimum absolute atomic E-state index is 0.335. The average Bonchev–Trinajstić information content (AvgIpc) is 2.62. The number of rotatable bonds is 6. The Morgan fingerprint density at radius 2 is 2.04 bits per heavy atom. The number of amides is 1. The molecule has 1 aromatic rings. The molecule has 0 spiro atoms. The quantitative estimate of drug-likeness (QED) is 0.561. The molecule has 2 rings (SSSR count). The SMILES string of the molecule is C/C=C/c1ccc(O[C@@H]2O[C@H](CO)[C@@H](O)[C@H](O)[C@H]2NC(C)=O)c(OC)c1. The van der Waals surface area contributed by atoms with Crippen LogP contribution in [-0.4, -0.2) is 65.6 Å². The third-order valence-corrected chi connectivity index (χ3v) is 4.04. The van der Waals surface area contributed by atoms with E-state index in [9.17, 15) is 20.1 Å². The molecule has 5 atom stereocenters. The van der Waals surface area contributed by atoms with Gasteiger partial charge in [0.15, 0.2) is 11.5 Å². The van der Waals surface area contributed by atoms with Crippen LogP contribution in [0.2, 0.25) is 0 Å². The Morgan fingerprint density at radius 1 is 1.31 bits per heavy atom. The van der Waals surface area contributed by atoms with Crippen molar-refractivity contribution in [1.82, 2.24) is 5.32 Å². The van der Waals surface area contributed by atoms with Crippen molar-refractivity contribution in [3.63, 3.8) is 0 Å². The van der Waals surface area contributed by atoms with Gasteiger partial charge in [0, 0.05) is 6.92 Å². The van der Waals surface area contributed by atoms with Gasteiger partial charge < -0.3 is 34.8 Å². The third kappa shape index (κ3) is 4.53. The maximum atomic E-state index is 11.5. The van der Waals surface area contributed by atoms with Gasteiger partial charge >= 0.3 is 0 Å². The number of methoxy groups -OCH3 is 1. The number of aliphatic hydroxyl groups is 3. The first kappa shape index (κ1) is 20.2. The van der Waals surface area contributed by atoms with Crippen LogP contribution in [0.25, 0.3) is 6.08 Å². The van der Waals surface area contributed by atoms with Crippen LogP contribution in [0.4, 0.5) is 0 Å². The van der Waals surface area contributed by atoms with Gasteiger partial charge in [0.05, 0.1) is 13.7 Å². The molecule has 0 aliphatic carbocycles.